The van der Waals surface area contributed by atoms with Crippen molar-refractivity contribution in [1.82, 2.24) is 10.2 Å². The second-order valence-corrected chi connectivity index (χ2v) is 5.20. The van der Waals surface area contributed by atoms with Gasteiger partial charge in [0.05, 0.1) is 7.11 Å². The summed E-state index contributed by atoms with van der Waals surface area (Å²) in [4.78, 5) is 6.44. The molecule has 23 heavy (non-hydrogen) atoms. The van der Waals surface area contributed by atoms with Crippen LogP contribution in [0, 0.1) is 0 Å². The van der Waals surface area contributed by atoms with E-state index in [1.807, 2.05) is 32.3 Å². The fraction of sp³-hybridized carbons (Fsp3) is 0.588. The molecule has 5 nitrogen and oxygen atoms in total. The average molecular weight is 435 g/mol. The number of guanidine groups is 1. The lowest BCUT2D eigenvalue weighted by Gasteiger charge is -2.23. The molecule has 0 aliphatic heterocycles. The summed E-state index contributed by atoms with van der Waals surface area (Å²) in [5.41, 5.74) is 1.15. The van der Waals surface area contributed by atoms with Gasteiger partial charge in [0.2, 0.25) is 0 Å². The molecule has 0 saturated carbocycles. The number of hydrogen-bond acceptors (Lipinski definition) is 3. The van der Waals surface area contributed by atoms with Gasteiger partial charge in [-0.25, -0.2) is 0 Å². The summed E-state index contributed by atoms with van der Waals surface area (Å²) in [7, 11) is 7.29. The van der Waals surface area contributed by atoms with Crippen LogP contribution in [0.4, 0.5) is 0 Å². The lowest BCUT2D eigenvalue weighted by atomic mass is 10.2. The van der Waals surface area contributed by atoms with E-state index < -0.39 is 0 Å². The van der Waals surface area contributed by atoms with Gasteiger partial charge in [-0.1, -0.05) is 18.2 Å². The van der Waals surface area contributed by atoms with Gasteiger partial charge in [0.1, 0.15) is 5.75 Å². The van der Waals surface area contributed by atoms with E-state index in [1.165, 1.54) is 0 Å². The van der Waals surface area contributed by atoms with Crippen LogP contribution in [0.15, 0.2) is 29.3 Å². The third kappa shape index (κ3) is 8.41. The van der Waals surface area contributed by atoms with E-state index in [9.17, 15) is 0 Å². The van der Waals surface area contributed by atoms with Gasteiger partial charge >= 0.3 is 0 Å². The van der Waals surface area contributed by atoms with E-state index in [-0.39, 0.29) is 24.0 Å². The number of methoxy groups -OCH3 is 2. The number of para-hydroxylation sites is 1. The first kappa shape index (κ1) is 22.0. The lowest BCUT2D eigenvalue weighted by Crippen LogP contribution is -2.38. The van der Waals surface area contributed by atoms with Crippen LogP contribution >= 0.6 is 24.0 Å². The van der Waals surface area contributed by atoms with Crippen LogP contribution in [-0.4, -0.2) is 52.3 Å². The number of hydrogen-bond donors (Lipinski definition) is 1. The molecule has 1 rings (SSSR count). The molecule has 0 saturated heterocycles. The van der Waals surface area contributed by atoms with Gasteiger partial charge in [-0.05, 0) is 25.3 Å². The van der Waals surface area contributed by atoms with Crippen molar-refractivity contribution in [2.75, 3.05) is 41.5 Å². The molecule has 132 valence electrons. The molecule has 0 amide bonds. The first-order valence-electron chi connectivity index (χ1n) is 7.75. The van der Waals surface area contributed by atoms with Crippen LogP contribution in [0.3, 0.4) is 0 Å². The summed E-state index contributed by atoms with van der Waals surface area (Å²) in [6, 6.07) is 8.07. The Hall–Kier alpha value is -1.02. The fourth-order valence-corrected chi connectivity index (χ4v) is 2.30. The van der Waals surface area contributed by atoms with Gasteiger partial charge in [-0.2, -0.15) is 0 Å². The third-order valence-corrected chi connectivity index (χ3v) is 3.48. The zero-order valence-corrected chi connectivity index (χ0v) is 17.0. The molecule has 0 aromatic heterocycles. The van der Waals surface area contributed by atoms with Crippen molar-refractivity contribution in [3.63, 3.8) is 0 Å². The van der Waals surface area contributed by atoms with Crippen molar-refractivity contribution in [3.05, 3.63) is 29.8 Å². The van der Waals surface area contributed by atoms with E-state index in [1.54, 1.807) is 14.2 Å². The van der Waals surface area contributed by atoms with Crippen molar-refractivity contribution < 1.29 is 9.47 Å². The zero-order valence-electron chi connectivity index (χ0n) is 14.7. The van der Waals surface area contributed by atoms with E-state index in [0.29, 0.717) is 0 Å². The Balaban J connectivity index is 0.00000484. The second-order valence-electron chi connectivity index (χ2n) is 5.20. The number of benzene rings is 1. The van der Waals surface area contributed by atoms with Crippen molar-refractivity contribution >= 4 is 29.9 Å². The standard InChI is InChI=1S/C17H29N3O2.HI/c1-18-17(19-12-8-5-9-13-21-3)20(2)14-15-10-6-7-11-16(15)22-4;/h6-7,10-11H,5,8-9,12-14H2,1-4H3,(H,18,19);1H. The van der Waals surface area contributed by atoms with Gasteiger partial charge < -0.3 is 19.7 Å². The van der Waals surface area contributed by atoms with Crippen LogP contribution in [0.1, 0.15) is 24.8 Å². The highest BCUT2D eigenvalue weighted by atomic mass is 127. The monoisotopic (exact) mass is 435 g/mol. The van der Waals surface area contributed by atoms with Crippen molar-refractivity contribution in [1.29, 1.82) is 0 Å². The second kappa shape index (κ2) is 13.4. The largest absolute Gasteiger partial charge is 0.496 e. The van der Waals surface area contributed by atoms with Crippen molar-refractivity contribution in [3.8, 4) is 5.75 Å². The molecule has 0 spiro atoms. The fourth-order valence-electron chi connectivity index (χ4n) is 2.30. The van der Waals surface area contributed by atoms with Crippen LogP contribution in [-0.2, 0) is 11.3 Å². The minimum atomic E-state index is 0. The molecule has 0 radical (unpaired) electrons. The molecule has 1 aromatic carbocycles. The first-order valence-corrected chi connectivity index (χ1v) is 7.75. The summed E-state index contributed by atoms with van der Waals surface area (Å²) < 4.78 is 10.4. The molecule has 0 fully saturated rings. The molecule has 0 bridgehead atoms. The molecule has 0 heterocycles. The Kier molecular flexibility index (Phi) is 12.8. The average Bonchev–Trinajstić information content (AvgIpc) is 2.54. The number of nitrogens with zero attached hydrogens (tertiary/aromatic N) is 2. The molecule has 0 atom stereocenters. The van der Waals surface area contributed by atoms with Gasteiger partial charge in [0.15, 0.2) is 5.96 Å². The Labute approximate surface area is 157 Å². The minimum absolute atomic E-state index is 0. The zero-order chi connectivity index (χ0) is 16.2. The predicted molar refractivity (Wildman–Crippen MR) is 107 cm³/mol. The van der Waals surface area contributed by atoms with E-state index in [0.717, 1.165) is 56.2 Å². The molecular weight excluding hydrogens is 405 g/mol. The predicted octanol–water partition coefficient (Wildman–Crippen LogP) is 3.14. The van der Waals surface area contributed by atoms with E-state index in [2.05, 4.69) is 21.3 Å². The number of nitrogens with one attached hydrogen (secondary N) is 1. The maximum atomic E-state index is 5.40. The molecule has 6 heteroatoms. The minimum Gasteiger partial charge on any atom is -0.496 e. The molecule has 0 aliphatic carbocycles. The Bertz CT molecular complexity index is 455. The summed E-state index contributed by atoms with van der Waals surface area (Å²) in [5, 5.41) is 3.40. The van der Waals surface area contributed by atoms with Crippen molar-refractivity contribution in [2.24, 2.45) is 4.99 Å². The molecule has 1 N–H and O–H groups in total. The number of aliphatic imine (C=N–C) groups is 1. The summed E-state index contributed by atoms with van der Waals surface area (Å²) >= 11 is 0. The highest BCUT2D eigenvalue weighted by molar-refractivity contribution is 14.0. The summed E-state index contributed by atoms with van der Waals surface area (Å²) in [5.74, 6) is 1.81. The van der Waals surface area contributed by atoms with Crippen LogP contribution in [0.5, 0.6) is 5.75 Å². The smallest absolute Gasteiger partial charge is 0.193 e. The number of ether oxygens (including phenoxy) is 2. The highest BCUT2D eigenvalue weighted by Gasteiger charge is 2.09. The molecule has 1 aromatic rings. The van der Waals surface area contributed by atoms with Gasteiger partial charge in [-0.3, -0.25) is 4.99 Å². The summed E-state index contributed by atoms with van der Waals surface area (Å²) in [6.07, 6.45) is 3.38. The number of rotatable bonds is 9. The maximum absolute atomic E-state index is 5.40. The van der Waals surface area contributed by atoms with Crippen molar-refractivity contribution in [2.45, 2.75) is 25.8 Å². The number of unbranched alkanes of at least 4 members (excludes halogenated alkanes) is 2. The van der Waals surface area contributed by atoms with Gasteiger partial charge in [0, 0.05) is 46.5 Å². The van der Waals surface area contributed by atoms with Gasteiger partial charge in [0.25, 0.3) is 0 Å². The molecule has 0 aliphatic rings. The van der Waals surface area contributed by atoms with Crippen LogP contribution in [0.25, 0.3) is 0 Å². The number of halogens is 1. The maximum Gasteiger partial charge on any atom is 0.193 e. The Morgan fingerprint density at radius 2 is 1.91 bits per heavy atom. The Morgan fingerprint density at radius 3 is 2.57 bits per heavy atom. The molecule has 0 unspecified atom stereocenters. The van der Waals surface area contributed by atoms with Crippen LogP contribution < -0.4 is 10.1 Å². The quantitative estimate of drug-likeness (QED) is 0.280. The first-order chi connectivity index (χ1) is 10.7. The Morgan fingerprint density at radius 1 is 1.17 bits per heavy atom. The van der Waals surface area contributed by atoms with E-state index in [4.69, 9.17) is 9.47 Å². The summed E-state index contributed by atoms with van der Waals surface area (Å²) in [6.45, 7) is 2.52. The highest BCUT2D eigenvalue weighted by Crippen LogP contribution is 2.18. The molecular formula is C17H30IN3O2. The normalized spacial score (nSPS) is 10.9. The third-order valence-electron chi connectivity index (χ3n) is 3.48. The van der Waals surface area contributed by atoms with Crippen LogP contribution in [0.2, 0.25) is 0 Å². The topological polar surface area (TPSA) is 46.1 Å². The van der Waals surface area contributed by atoms with Gasteiger partial charge in [-0.15, -0.1) is 24.0 Å². The van der Waals surface area contributed by atoms with E-state index >= 15 is 0 Å². The lowest BCUT2D eigenvalue weighted by molar-refractivity contribution is 0.192. The SMILES string of the molecule is CN=C(NCCCCCOC)N(C)Cc1ccccc1OC.I.